The standard InChI is InChI=1S/C16H17F2NO3S/c1-12-5-2-6-13(11-12)22-10-4-9-19-23(20,21)16-14(17)7-3-8-15(16)18/h2-3,5-8,11,19H,4,9-10H2,1H3. The molecule has 0 spiro atoms. The van der Waals surface area contributed by atoms with E-state index >= 15 is 0 Å². The third-order valence-corrected chi connectivity index (χ3v) is 4.57. The third-order valence-electron chi connectivity index (χ3n) is 3.06. The van der Waals surface area contributed by atoms with Crippen LogP contribution in [-0.4, -0.2) is 21.6 Å². The van der Waals surface area contributed by atoms with Crippen molar-refractivity contribution in [2.45, 2.75) is 18.2 Å². The molecule has 0 atom stereocenters. The van der Waals surface area contributed by atoms with Crippen molar-refractivity contribution in [2.75, 3.05) is 13.2 Å². The Kier molecular flexibility index (Phi) is 5.68. The average molecular weight is 341 g/mol. The molecule has 0 saturated carbocycles. The summed E-state index contributed by atoms with van der Waals surface area (Å²) in [4.78, 5) is -0.959. The van der Waals surface area contributed by atoms with Crippen LogP contribution in [0.1, 0.15) is 12.0 Å². The van der Waals surface area contributed by atoms with Gasteiger partial charge in [-0.1, -0.05) is 18.2 Å². The number of rotatable bonds is 7. The summed E-state index contributed by atoms with van der Waals surface area (Å²) >= 11 is 0. The van der Waals surface area contributed by atoms with Gasteiger partial charge in [0.25, 0.3) is 0 Å². The number of benzene rings is 2. The van der Waals surface area contributed by atoms with Gasteiger partial charge in [0, 0.05) is 6.54 Å². The summed E-state index contributed by atoms with van der Waals surface area (Å²) in [5.41, 5.74) is 1.05. The van der Waals surface area contributed by atoms with Gasteiger partial charge in [-0.3, -0.25) is 0 Å². The van der Waals surface area contributed by atoms with E-state index in [1.165, 1.54) is 0 Å². The molecule has 2 aromatic rings. The molecule has 0 radical (unpaired) electrons. The van der Waals surface area contributed by atoms with E-state index in [0.717, 1.165) is 23.8 Å². The van der Waals surface area contributed by atoms with Crippen molar-refractivity contribution in [3.8, 4) is 5.75 Å². The van der Waals surface area contributed by atoms with Gasteiger partial charge in [0.2, 0.25) is 10.0 Å². The number of halogens is 2. The van der Waals surface area contributed by atoms with E-state index < -0.39 is 26.6 Å². The zero-order valence-corrected chi connectivity index (χ0v) is 13.4. The second-order valence-electron chi connectivity index (χ2n) is 4.97. The Labute approximate surface area is 134 Å². The molecule has 0 amide bonds. The molecule has 2 rings (SSSR count). The topological polar surface area (TPSA) is 55.4 Å². The molecule has 7 heteroatoms. The van der Waals surface area contributed by atoms with Crippen molar-refractivity contribution in [3.05, 3.63) is 59.7 Å². The summed E-state index contributed by atoms with van der Waals surface area (Å²) in [6.07, 6.45) is 0.364. The first-order valence-corrected chi connectivity index (χ1v) is 8.51. The van der Waals surface area contributed by atoms with Gasteiger partial charge < -0.3 is 4.74 Å². The van der Waals surface area contributed by atoms with Gasteiger partial charge in [-0.15, -0.1) is 0 Å². The predicted octanol–water partition coefficient (Wildman–Crippen LogP) is 3.02. The zero-order chi connectivity index (χ0) is 16.9. The second-order valence-corrected chi connectivity index (χ2v) is 6.67. The van der Waals surface area contributed by atoms with Crippen molar-refractivity contribution in [2.24, 2.45) is 0 Å². The van der Waals surface area contributed by atoms with Crippen LogP contribution in [0.5, 0.6) is 5.75 Å². The maximum Gasteiger partial charge on any atom is 0.246 e. The Morgan fingerprint density at radius 3 is 2.39 bits per heavy atom. The second kappa shape index (κ2) is 7.52. The summed E-state index contributed by atoms with van der Waals surface area (Å²) in [5.74, 6) is -1.55. The van der Waals surface area contributed by atoms with E-state index in [0.29, 0.717) is 12.2 Å². The van der Waals surface area contributed by atoms with Crippen molar-refractivity contribution < 1.29 is 21.9 Å². The highest BCUT2D eigenvalue weighted by Gasteiger charge is 2.22. The maximum absolute atomic E-state index is 13.5. The van der Waals surface area contributed by atoms with Gasteiger partial charge in [-0.2, -0.15) is 0 Å². The molecule has 0 aliphatic carbocycles. The molecule has 0 fully saturated rings. The first-order valence-electron chi connectivity index (χ1n) is 7.03. The normalized spacial score (nSPS) is 11.4. The largest absolute Gasteiger partial charge is 0.494 e. The van der Waals surface area contributed by atoms with E-state index in [-0.39, 0.29) is 13.2 Å². The molecule has 124 valence electrons. The Balaban J connectivity index is 1.86. The molecule has 0 aliphatic heterocycles. The van der Waals surface area contributed by atoms with E-state index in [4.69, 9.17) is 4.74 Å². The number of nitrogens with one attached hydrogen (secondary N) is 1. The lowest BCUT2D eigenvalue weighted by Gasteiger charge is -2.09. The highest BCUT2D eigenvalue weighted by molar-refractivity contribution is 7.89. The number of aryl methyl sites for hydroxylation is 1. The SMILES string of the molecule is Cc1cccc(OCCCNS(=O)(=O)c2c(F)cccc2F)c1. The van der Waals surface area contributed by atoms with Crippen LogP contribution in [0.4, 0.5) is 8.78 Å². The summed E-state index contributed by atoms with van der Waals surface area (Å²) < 4.78 is 58.5. The molecule has 0 saturated heterocycles. The first kappa shape index (κ1) is 17.4. The maximum atomic E-state index is 13.5. The van der Waals surface area contributed by atoms with Crippen LogP contribution in [0.2, 0.25) is 0 Å². The molecular weight excluding hydrogens is 324 g/mol. The minimum absolute atomic E-state index is 0.0158. The minimum Gasteiger partial charge on any atom is -0.494 e. The number of hydrogen-bond acceptors (Lipinski definition) is 3. The molecule has 4 nitrogen and oxygen atoms in total. The fraction of sp³-hybridized carbons (Fsp3) is 0.250. The van der Waals surface area contributed by atoms with E-state index in [9.17, 15) is 17.2 Å². The van der Waals surface area contributed by atoms with Gasteiger partial charge in [0.1, 0.15) is 17.4 Å². The van der Waals surface area contributed by atoms with Gasteiger partial charge in [0.15, 0.2) is 4.90 Å². The summed E-state index contributed by atoms with van der Waals surface area (Å²) in [7, 11) is -4.23. The summed E-state index contributed by atoms with van der Waals surface area (Å²) in [6.45, 7) is 2.23. The molecule has 0 heterocycles. The van der Waals surface area contributed by atoms with Crippen molar-refractivity contribution in [1.29, 1.82) is 0 Å². The minimum atomic E-state index is -4.23. The lowest BCUT2D eigenvalue weighted by Crippen LogP contribution is -2.27. The van der Waals surface area contributed by atoms with Gasteiger partial charge in [-0.05, 0) is 43.2 Å². The number of sulfonamides is 1. The molecule has 0 aromatic heterocycles. The van der Waals surface area contributed by atoms with Crippen molar-refractivity contribution in [3.63, 3.8) is 0 Å². The molecule has 1 N–H and O–H groups in total. The first-order chi connectivity index (χ1) is 10.9. The monoisotopic (exact) mass is 341 g/mol. The molecule has 2 aromatic carbocycles. The van der Waals surface area contributed by atoms with Gasteiger partial charge in [-0.25, -0.2) is 21.9 Å². The Bertz CT molecular complexity index is 758. The van der Waals surface area contributed by atoms with Crippen molar-refractivity contribution >= 4 is 10.0 Å². The van der Waals surface area contributed by atoms with E-state index in [1.807, 2.05) is 25.1 Å². The van der Waals surface area contributed by atoms with Crippen LogP contribution in [0, 0.1) is 18.6 Å². The van der Waals surface area contributed by atoms with Crippen LogP contribution < -0.4 is 9.46 Å². The predicted molar refractivity (Wildman–Crippen MR) is 82.8 cm³/mol. The molecular formula is C16H17F2NO3S. The molecule has 0 bridgehead atoms. The zero-order valence-electron chi connectivity index (χ0n) is 12.6. The number of ether oxygens (including phenoxy) is 1. The Hall–Kier alpha value is -1.99. The fourth-order valence-electron chi connectivity index (χ4n) is 1.99. The average Bonchev–Trinajstić information content (AvgIpc) is 2.46. The van der Waals surface area contributed by atoms with Crippen molar-refractivity contribution in [1.82, 2.24) is 4.72 Å². The highest BCUT2D eigenvalue weighted by atomic mass is 32.2. The lowest BCUT2D eigenvalue weighted by atomic mass is 10.2. The van der Waals surface area contributed by atoms with Crippen LogP contribution in [0.15, 0.2) is 47.4 Å². The van der Waals surface area contributed by atoms with E-state index in [1.54, 1.807) is 6.07 Å². The lowest BCUT2D eigenvalue weighted by molar-refractivity contribution is 0.311. The summed E-state index contributed by atoms with van der Waals surface area (Å²) in [6, 6.07) is 10.4. The van der Waals surface area contributed by atoms with Gasteiger partial charge >= 0.3 is 0 Å². The van der Waals surface area contributed by atoms with Crippen LogP contribution in [-0.2, 0) is 10.0 Å². The smallest absolute Gasteiger partial charge is 0.246 e. The number of hydrogen-bond donors (Lipinski definition) is 1. The quantitative estimate of drug-likeness (QED) is 0.788. The Morgan fingerprint density at radius 2 is 1.74 bits per heavy atom. The highest BCUT2D eigenvalue weighted by Crippen LogP contribution is 2.18. The molecule has 23 heavy (non-hydrogen) atoms. The molecule has 0 aliphatic rings. The Morgan fingerprint density at radius 1 is 1.09 bits per heavy atom. The van der Waals surface area contributed by atoms with Crippen LogP contribution in [0.25, 0.3) is 0 Å². The van der Waals surface area contributed by atoms with Gasteiger partial charge in [0.05, 0.1) is 6.61 Å². The fourth-order valence-corrected chi connectivity index (χ4v) is 3.19. The van der Waals surface area contributed by atoms with Crippen LogP contribution >= 0.6 is 0 Å². The molecule has 0 unspecified atom stereocenters. The van der Waals surface area contributed by atoms with Crippen LogP contribution in [0.3, 0.4) is 0 Å². The summed E-state index contributed by atoms with van der Waals surface area (Å²) in [5, 5.41) is 0. The third kappa shape index (κ3) is 4.74. The van der Waals surface area contributed by atoms with E-state index in [2.05, 4.69) is 4.72 Å².